The van der Waals surface area contributed by atoms with Gasteiger partial charge in [-0.25, -0.2) is 4.99 Å². The molecular formula is C20H29N3S3. The summed E-state index contributed by atoms with van der Waals surface area (Å²) in [5.41, 5.74) is 2.40. The average Bonchev–Trinajstić information content (AvgIpc) is 2.67. The zero-order valence-corrected chi connectivity index (χ0v) is 18.6. The van der Waals surface area contributed by atoms with Gasteiger partial charge in [-0.1, -0.05) is 67.8 Å². The Morgan fingerprint density at radius 1 is 1.38 bits per heavy atom. The average molecular weight is 408 g/mol. The molecule has 0 amide bonds. The Bertz CT molecular complexity index is 666. The van der Waals surface area contributed by atoms with Gasteiger partial charge in [-0.2, -0.15) is 0 Å². The van der Waals surface area contributed by atoms with Gasteiger partial charge in [0, 0.05) is 32.1 Å². The minimum absolute atomic E-state index is 0.295. The number of aliphatic imine (C=N–C) groups is 1. The summed E-state index contributed by atoms with van der Waals surface area (Å²) in [5.74, 6) is 1.92. The molecule has 0 bridgehead atoms. The number of nitrogens with zero attached hydrogens (tertiary/aromatic N) is 3. The van der Waals surface area contributed by atoms with Gasteiger partial charge in [0.1, 0.15) is 4.32 Å². The smallest absolute Gasteiger partial charge is 0.170 e. The zero-order chi connectivity index (χ0) is 19.2. The molecule has 0 N–H and O–H groups in total. The molecule has 0 saturated carbocycles. The number of thioether (sulfide) groups is 2. The fraction of sp³-hybridized carbons (Fsp3) is 0.500. The molecule has 0 aliphatic carbocycles. The van der Waals surface area contributed by atoms with Gasteiger partial charge in [0.15, 0.2) is 5.17 Å². The Balaban J connectivity index is 2.38. The van der Waals surface area contributed by atoms with E-state index < -0.39 is 0 Å². The van der Waals surface area contributed by atoms with Gasteiger partial charge in [-0.05, 0) is 30.4 Å². The Labute approximate surface area is 172 Å². The van der Waals surface area contributed by atoms with Gasteiger partial charge in [-0.15, -0.1) is 6.58 Å². The van der Waals surface area contributed by atoms with E-state index in [0.717, 1.165) is 51.8 Å². The second kappa shape index (κ2) is 9.81. The zero-order valence-electron chi connectivity index (χ0n) is 16.2. The van der Waals surface area contributed by atoms with Crippen LogP contribution < -0.4 is 4.90 Å². The Morgan fingerprint density at radius 2 is 2.08 bits per heavy atom. The first kappa shape index (κ1) is 21.3. The minimum Gasteiger partial charge on any atom is -0.376 e. The summed E-state index contributed by atoms with van der Waals surface area (Å²) in [6, 6.07) is 8.26. The first-order valence-electron chi connectivity index (χ1n) is 8.99. The molecule has 26 heavy (non-hydrogen) atoms. The molecule has 1 aliphatic rings. The van der Waals surface area contributed by atoms with Crippen LogP contribution >= 0.6 is 35.7 Å². The van der Waals surface area contributed by atoms with Gasteiger partial charge >= 0.3 is 0 Å². The molecule has 1 aliphatic heterocycles. The maximum Gasteiger partial charge on any atom is 0.170 e. The normalized spacial score (nSPS) is 18.0. The molecule has 0 radical (unpaired) electrons. The van der Waals surface area contributed by atoms with E-state index in [1.165, 1.54) is 0 Å². The minimum atomic E-state index is 0.295. The number of thiocarbonyl (C=S) groups is 1. The van der Waals surface area contributed by atoms with Crippen molar-refractivity contribution in [1.82, 2.24) is 4.90 Å². The third-order valence-corrected chi connectivity index (χ3v) is 7.63. The highest BCUT2D eigenvalue weighted by Crippen LogP contribution is 2.40. The number of anilines is 1. The van der Waals surface area contributed by atoms with Crippen LogP contribution in [0.2, 0.25) is 0 Å². The van der Waals surface area contributed by atoms with Crippen molar-refractivity contribution in [2.45, 2.75) is 26.7 Å². The van der Waals surface area contributed by atoms with Crippen LogP contribution in [0.3, 0.4) is 0 Å². The highest BCUT2D eigenvalue weighted by atomic mass is 32.2. The monoisotopic (exact) mass is 407 g/mol. The number of amidine groups is 1. The molecule has 1 heterocycles. The van der Waals surface area contributed by atoms with Crippen molar-refractivity contribution in [3.05, 3.63) is 36.9 Å². The third-order valence-electron chi connectivity index (χ3n) is 4.86. The van der Waals surface area contributed by atoms with Crippen molar-refractivity contribution in [3.8, 4) is 0 Å². The van der Waals surface area contributed by atoms with Crippen LogP contribution in [0.25, 0.3) is 0 Å². The van der Waals surface area contributed by atoms with Crippen molar-refractivity contribution >= 4 is 56.6 Å². The lowest BCUT2D eigenvalue weighted by Crippen LogP contribution is -2.47. The predicted octanol–water partition coefficient (Wildman–Crippen LogP) is 5.80. The molecule has 1 aromatic carbocycles. The molecule has 0 spiro atoms. The second-order valence-electron chi connectivity index (χ2n) is 6.73. The van der Waals surface area contributed by atoms with E-state index in [9.17, 15) is 0 Å². The van der Waals surface area contributed by atoms with Crippen LogP contribution in [0, 0.1) is 5.41 Å². The van der Waals surface area contributed by atoms with E-state index >= 15 is 0 Å². The van der Waals surface area contributed by atoms with Crippen molar-refractivity contribution < 1.29 is 0 Å². The molecule has 0 atom stereocenters. The van der Waals surface area contributed by atoms with E-state index in [2.05, 4.69) is 62.5 Å². The summed E-state index contributed by atoms with van der Waals surface area (Å²) in [4.78, 5) is 9.37. The predicted molar refractivity (Wildman–Crippen MR) is 125 cm³/mol. The summed E-state index contributed by atoms with van der Waals surface area (Å²) in [6.07, 6.45) is 4.21. The molecule has 1 aromatic rings. The highest BCUT2D eigenvalue weighted by molar-refractivity contribution is 8.23. The van der Waals surface area contributed by atoms with Gasteiger partial charge in [0.05, 0.1) is 11.4 Å². The van der Waals surface area contributed by atoms with Crippen molar-refractivity contribution in [2.24, 2.45) is 10.4 Å². The van der Waals surface area contributed by atoms with Crippen LogP contribution in [0.5, 0.6) is 0 Å². The molecule has 6 heteroatoms. The molecule has 0 unspecified atom stereocenters. The fourth-order valence-corrected chi connectivity index (χ4v) is 5.35. The van der Waals surface area contributed by atoms with Crippen molar-refractivity contribution in [3.63, 3.8) is 0 Å². The lowest BCUT2D eigenvalue weighted by molar-refractivity contribution is 0.260. The van der Waals surface area contributed by atoms with E-state index in [1.54, 1.807) is 11.8 Å². The van der Waals surface area contributed by atoms with Gasteiger partial charge in [0.2, 0.25) is 0 Å². The number of para-hydroxylation sites is 2. The molecule has 3 nitrogen and oxygen atoms in total. The van der Waals surface area contributed by atoms with Gasteiger partial charge in [-0.3, -0.25) is 0 Å². The molecular weight excluding hydrogens is 378 g/mol. The van der Waals surface area contributed by atoms with Crippen LogP contribution in [-0.2, 0) is 0 Å². The van der Waals surface area contributed by atoms with Crippen LogP contribution in [0.4, 0.5) is 11.4 Å². The first-order chi connectivity index (χ1) is 12.5. The van der Waals surface area contributed by atoms with E-state index in [-0.39, 0.29) is 0 Å². The standard InChI is InChI=1S/C20H29N3S3/c1-6-13-25-19(24)23-14-20(7-2,8-3)15-26-18(23)21-16-11-9-10-12-17(16)22(4)5/h6,9-12H,1,7-8,13-15H2,2-5H3. The van der Waals surface area contributed by atoms with Crippen molar-refractivity contribution in [2.75, 3.05) is 37.0 Å². The third kappa shape index (κ3) is 5.05. The van der Waals surface area contributed by atoms with Crippen LogP contribution in [0.1, 0.15) is 26.7 Å². The number of hydrogen-bond donors (Lipinski definition) is 0. The van der Waals surface area contributed by atoms with Crippen LogP contribution in [0.15, 0.2) is 41.9 Å². The SMILES string of the molecule is C=CCSC(=S)N1CC(CC)(CC)CSC1=Nc1ccccc1N(C)C. The van der Waals surface area contributed by atoms with E-state index in [4.69, 9.17) is 17.2 Å². The largest absolute Gasteiger partial charge is 0.376 e. The topological polar surface area (TPSA) is 18.8 Å². The summed E-state index contributed by atoms with van der Waals surface area (Å²) in [7, 11) is 4.10. The lowest BCUT2D eigenvalue weighted by atomic mass is 9.84. The summed E-state index contributed by atoms with van der Waals surface area (Å²) in [5, 5.41) is 1.01. The number of rotatable bonds is 6. The molecule has 142 valence electrons. The van der Waals surface area contributed by atoms with Gasteiger partial charge in [0.25, 0.3) is 0 Å². The quantitative estimate of drug-likeness (QED) is 0.437. The highest BCUT2D eigenvalue weighted by Gasteiger charge is 2.37. The molecule has 1 fully saturated rings. The van der Waals surface area contributed by atoms with Crippen molar-refractivity contribution in [1.29, 1.82) is 0 Å². The Morgan fingerprint density at radius 3 is 2.69 bits per heavy atom. The molecule has 0 aromatic heterocycles. The summed E-state index contributed by atoms with van der Waals surface area (Å²) < 4.78 is 0.893. The fourth-order valence-electron chi connectivity index (χ4n) is 2.91. The summed E-state index contributed by atoms with van der Waals surface area (Å²) >= 11 is 9.25. The summed E-state index contributed by atoms with van der Waals surface area (Å²) in [6.45, 7) is 9.33. The molecule has 1 saturated heterocycles. The molecule has 2 rings (SSSR count). The second-order valence-corrected chi connectivity index (χ2v) is 9.32. The number of benzene rings is 1. The number of hydrogen-bond acceptors (Lipinski definition) is 5. The first-order valence-corrected chi connectivity index (χ1v) is 11.4. The van der Waals surface area contributed by atoms with E-state index in [1.807, 2.05) is 23.9 Å². The van der Waals surface area contributed by atoms with E-state index in [0.29, 0.717) is 5.41 Å². The maximum atomic E-state index is 5.75. The van der Waals surface area contributed by atoms with Gasteiger partial charge < -0.3 is 9.80 Å². The lowest BCUT2D eigenvalue weighted by Gasteiger charge is -2.42. The van der Waals surface area contributed by atoms with Crippen LogP contribution in [-0.4, -0.2) is 46.5 Å². The maximum absolute atomic E-state index is 5.75. The Kier molecular flexibility index (Phi) is 8.05. The Hall–Kier alpha value is -0.980.